The molecule has 1 N–H and O–H groups in total. The Labute approximate surface area is 135 Å². The maximum Gasteiger partial charge on any atom is 0.303 e. The smallest absolute Gasteiger partial charge is 0.303 e. The van der Waals surface area contributed by atoms with E-state index < -0.39 is 11.6 Å². The van der Waals surface area contributed by atoms with E-state index >= 15 is 0 Å². The van der Waals surface area contributed by atoms with Crippen LogP contribution in [-0.4, -0.2) is 36.9 Å². The van der Waals surface area contributed by atoms with Crippen molar-refractivity contribution >= 4 is 12.3 Å². The first-order valence-electron chi connectivity index (χ1n) is 7.46. The van der Waals surface area contributed by atoms with Gasteiger partial charge in [0.25, 0.3) is 0 Å². The van der Waals surface area contributed by atoms with Crippen LogP contribution in [0.1, 0.15) is 46.8 Å². The summed E-state index contributed by atoms with van der Waals surface area (Å²) >= 11 is 0. The molecule has 23 heavy (non-hydrogen) atoms. The molecule has 1 heterocycles. The maximum atomic E-state index is 11.5. The summed E-state index contributed by atoms with van der Waals surface area (Å²) in [5, 5.41) is 8.90. The molecule has 0 amide bonds. The topological polar surface area (TPSA) is 82.1 Å². The molecule has 0 fully saturated rings. The molecule has 1 aliphatic heterocycles. The Morgan fingerprint density at radius 3 is 2.65 bits per heavy atom. The van der Waals surface area contributed by atoms with Gasteiger partial charge in [-0.3, -0.25) is 9.59 Å². The third kappa shape index (κ3) is 3.32. The predicted molar refractivity (Wildman–Crippen MR) is 83.4 cm³/mol. The van der Waals surface area contributed by atoms with Crippen molar-refractivity contribution in [1.82, 2.24) is 0 Å². The summed E-state index contributed by atoms with van der Waals surface area (Å²) in [5.41, 5.74) is 2.37. The van der Waals surface area contributed by atoms with Gasteiger partial charge in [0.15, 0.2) is 13.1 Å². The van der Waals surface area contributed by atoms with E-state index in [1.807, 2.05) is 20.8 Å². The van der Waals surface area contributed by atoms with Gasteiger partial charge in [0.05, 0.1) is 5.56 Å². The lowest BCUT2D eigenvalue weighted by molar-refractivity contribution is -0.138. The number of fused-ring (bicyclic) bond motifs is 1. The Balaban J connectivity index is 2.42. The van der Waals surface area contributed by atoms with Gasteiger partial charge >= 0.3 is 5.97 Å². The van der Waals surface area contributed by atoms with Gasteiger partial charge in [-0.2, -0.15) is 0 Å². The summed E-state index contributed by atoms with van der Waals surface area (Å²) in [6.07, 6.45) is 1.78. The lowest BCUT2D eigenvalue weighted by Crippen LogP contribution is -2.31. The molecular weight excluding hydrogens is 300 g/mol. The zero-order valence-electron chi connectivity index (χ0n) is 13.9. The fourth-order valence-electron chi connectivity index (χ4n) is 2.99. The second-order valence-electron chi connectivity index (χ2n) is 6.09. The number of rotatable bonds is 7. The predicted octanol–water partition coefficient (Wildman–Crippen LogP) is 2.66. The highest BCUT2D eigenvalue weighted by Gasteiger charge is 2.39. The van der Waals surface area contributed by atoms with Crippen LogP contribution < -0.4 is 9.47 Å². The fourth-order valence-corrected chi connectivity index (χ4v) is 2.99. The van der Waals surface area contributed by atoms with E-state index in [0.29, 0.717) is 35.5 Å². The van der Waals surface area contributed by atoms with Crippen LogP contribution in [0.4, 0.5) is 0 Å². The average Bonchev–Trinajstić information content (AvgIpc) is 2.86. The number of carboxylic acids is 1. The highest BCUT2D eigenvalue weighted by atomic mass is 16.7. The van der Waals surface area contributed by atoms with Gasteiger partial charge in [0.1, 0.15) is 17.1 Å². The molecule has 1 aliphatic rings. The molecule has 1 aromatic carbocycles. The van der Waals surface area contributed by atoms with Gasteiger partial charge in [-0.05, 0) is 32.8 Å². The van der Waals surface area contributed by atoms with Crippen LogP contribution in [0.15, 0.2) is 0 Å². The van der Waals surface area contributed by atoms with Crippen LogP contribution in [0, 0.1) is 13.8 Å². The van der Waals surface area contributed by atoms with Gasteiger partial charge in [-0.1, -0.05) is 0 Å². The number of methoxy groups -OCH3 is 1. The largest absolute Gasteiger partial charge is 0.487 e. The minimum Gasteiger partial charge on any atom is -0.487 e. The highest BCUT2D eigenvalue weighted by Crippen LogP contribution is 2.46. The molecule has 0 saturated carbocycles. The summed E-state index contributed by atoms with van der Waals surface area (Å²) in [7, 11) is 1.52. The van der Waals surface area contributed by atoms with E-state index in [-0.39, 0.29) is 13.2 Å². The third-order valence-electron chi connectivity index (χ3n) is 4.26. The second kappa shape index (κ2) is 6.58. The molecule has 0 spiro atoms. The van der Waals surface area contributed by atoms with Gasteiger partial charge in [-0.15, -0.1) is 0 Å². The summed E-state index contributed by atoms with van der Waals surface area (Å²) < 4.78 is 16.6. The molecule has 1 atom stereocenters. The van der Waals surface area contributed by atoms with Gasteiger partial charge in [0.2, 0.25) is 0 Å². The van der Waals surface area contributed by atoms with E-state index in [0.717, 1.165) is 17.4 Å². The first kappa shape index (κ1) is 17.3. The van der Waals surface area contributed by atoms with Crippen molar-refractivity contribution in [3.8, 4) is 11.5 Å². The normalized spacial score (nSPS) is 19.1. The Morgan fingerprint density at radius 1 is 1.39 bits per heavy atom. The van der Waals surface area contributed by atoms with Gasteiger partial charge < -0.3 is 19.3 Å². The molecule has 6 nitrogen and oxygen atoms in total. The lowest BCUT2D eigenvalue weighted by atomic mass is 9.90. The molecule has 0 bridgehead atoms. The summed E-state index contributed by atoms with van der Waals surface area (Å²) in [6.45, 7) is 5.63. The zero-order valence-corrected chi connectivity index (χ0v) is 13.9. The number of aliphatic carboxylic acids is 1. The van der Waals surface area contributed by atoms with E-state index in [1.54, 1.807) is 0 Å². The second-order valence-corrected chi connectivity index (χ2v) is 6.09. The van der Waals surface area contributed by atoms with E-state index in [2.05, 4.69) is 0 Å². The molecule has 1 aromatic rings. The summed E-state index contributed by atoms with van der Waals surface area (Å²) in [4.78, 5) is 22.3. The third-order valence-corrected chi connectivity index (χ3v) is 4.26. The van der Waals surface area contributed by atoms with Crippen LogP contribution >= 0.6 is 0 Å². The number of carbonyl (C=O) groups is 2. The molecule has 1 unspecified atom stereocenters. The lowest BCUT2D eigenvalue weighted by Gasteiger charge is -2.23. The highest BCUT2D eigenvalue weighted by molar-refractivity contribution is 5.85. The number of hydrogen-bond donors (Lipinski definition) is 1. The van der Waals surface area contributed by atoms with Crippen molar-refractivity contribution in [2.24, 2.45) is 0 Å². The number of benzene rings is 1. The number of hydrogen-bond acceptors (Lipinski definition) is 5. The van der Waals surface area contributed by atoms with E-state index in [4.69, 9.17) is 19.3 Å². The Kier molecular flexibility index (Phi) is 4.94. The van der Waals surface area contributed by atoms with Crippen molar-refractivity contribution in [3.05, 3.63) is 22.3 Å². The van der Waals surface area contributed by atoms with Gasteiger partial charge in [-0.25, -0.2) is 0 Å². The van der Waals surface area contributed by atoms with Crippen molar-refractivity contribution in [2.45, 2.75) is 45.6 Å². The van der Waals surface area contributed by atoms with E-state index in [9.17, 15) is 9.59 Å². The number of carboxylic acid groups (broad SMARTS) is 1. The molecule has 2 rings (SSSR count). The van der Waals surface area contributed by atoms with Crippen molar-refractivity contribution in [3.63, 3.8) is 0 Å². The minimum absolute atomic E-state index is 0.0379. The average molecular weight is 322 g/mol. The molecule has 0 aliphatic carbocycles. The molecule has 0 radical (unpaired) electrons. The first-order valence-corrected chi connectivity index (χ1v) is 7.46. The number of ether oxygens (including phenoxy) is 3. The molecule has 0 saturated heterocycles. The molecular formula is C17H22O6. The Morgan fingerprint density at radius 2 is 2.09 bits per heavy atom. The van der Waals surface area contributed by atoms with E-state index in [1.165, 1.54) is 7.11 Å². The molecule has 126 valence electrons. The van der Waals surface area contributed by atoms with Crippen LogP contribution in [0.25, 0.3) is 0 Å². The monoisotopic (exact) mass is 322 g/mol. The van der Waals surface area contributed by atoms with Crippen molar-refractivity contribution in [2.75, 3.05) is 13.9 Å². The quantitative estimate of drug-likeness (QED) is 0.614. The Bertz CT molecular complexity index is 637. The number of aldehydes is 1. The zero-order chi connectivity index (χ0) is 17.2. The first-order chi connectivity index (χ1) is 10.8. The van der Waals surface area contributed by atoms with Gasteiger partial charge in [0, 0.05) is 31.1 Å². The van der Waals surface area contributed by atoms with Crippen LogP contribution in [-0.2, 0) is 16.0 Å². The molecule has 0 aromatic heterocycles. The van der Waals surface area contributed by atoms with Crippen LogP contribution in [0.5, 0.6) is 11.5 Å². The van der Waals surface area contributed by atoms with Crippen molar-refractivity contribution < 1.29 is 28.9 Å². The SMILES string of the molecule is COCOc1c(C)c2c(c(C)c1C=O)OC(C)(CCC(=O)O)C2. The minimum atomic E-state index is -0.850. The summed E-state index contributed by atoms with van der Waals surface area (Å²) in [5.74, 6) is 0.323. The van der Waals surface area contributed by atoms with Crippen LogP contribution in [0.2, 0.25) is 0 Å². The summed E-state index contributed by atoms with van der Waals surface area (Å²) in [6, 6.07) is 0. The number of carbonyl (C=O) groups excluding carboxylic acids is 1. The maximum absolute atomic E-state index is 11.5. The van der Waals surface area contributed by atoms with Crippen molar-refractivity contribution in [1.29, 1.82) is 0 Å². The molecule has 6 heteroatoms. The Hall–Kier alpha value is -2.08. The fraction of sp³-hybridized carbons (Fsp3) is 0.529. The standard InChI is InChI=1S/C17H22O6/c1-10-12-7-17(3,6-5-14(19)20)23-16(12)11(2)13(8-18)15(10)22-9-21-4/h8H,5-7,9H2,1-4H3,(H,19,20). The van der Waals surface area contributed by atoms with Crippen LogP contribution in [0.3, 0.4) is 0 Å².